The lowest BCUT2D eigenvalue weighted by atomic mass is 10.1. The van der Waals surface area contributed by atoms with Gasteiger partial charge in [0.1, 0.15) is 6.10 Å². The van der Waals surface area contributed by atoms with E-state index in [0.29, 0.717) is 26.2 Å². The molecule has 0 aromatic rings. The molecular formula is C8H16O3. The van der Waals surface area contributed by atoms with Crippen LogP contribution in [0.5, 0.6) is 0 Å². The van der Waals surface area contributed by atoms with Gasteiger partial charge in [-0.05, 0) is 12.8 Å². The maximum atomic E-state index is 9.39. The third-order valence-corrected chi connectivity index (χ3v) is 1.81. The van der Waals surface area contributed by atoms with Gasteiger partial charge in [0.05, 0.1) is 12.7 Å². The van der Waals surface area contributed by atoms with Crippen molar-refractivity contribution < 1.29 is 14.6 Å². The number of hydrogen-bond donors (Lipinski definition) is 1. The van der Waals surface area contributed by atoms with E-state index >= 15 is 0 Å². The molecule has 3 nitrogen and oxygen atoms in total. The number of aliphatic hydroxyl groups is 1. The summed E-state index contributed by atoms with van der Waals surface area (Å²) in [5.74, 6) is 0. The zero-order chi connectivity index (χ0) is 8.10. The summed E-state index contributed by atoms with van der Waals surface area (Å²) in [7, 11) is 0. The summed E-state index contributed by atoms with van der Waals surface area (Å²) in [4.78, 5) is 0. The third-order valence-electron chi connectivity index (χ3n) is 1.81. The Balaban J connectivity index is 2.18. The summed E-state index contributed by atoms with van der Waals surface area (Å²) in [5, 5.41) is 9.39. The number of aliphatic hydroxyl groups excluding tert-OH is 1. The lowest BCUT2D eigenvalue weighted by molar-refractivity contribution is -0.117. The smallest absolute Gasteiger partial charge is 0.107 e. The van der Waals surface area contributed by atoms with Crippen LogP contribution in [-0.4, -0.2) is 37.1 Å². The van der Waals surface area contributed by atoms with Crippen LogP contribution in [0, 0.1) is 0 Å². The highest BCUT2D eigenvalue weighted by Gasteiger charge is 2.23. The van der Waals surface area contributed by atoms with Gasteiger partial charge in [0.15, 0.2) is 0 Å². The quantitative estimate of drug-likeness (QED) is 0.655. The molecule has 2 atom stereocenters. The van der Waals surface area contributed by atoms with Crippen molar-refractivity contribution in [2.24, 2.45) is 0 Å². The Labute approximate surface area is 67.3 Å². The Morgan fingerprint density at radius 2 is 2.45 bits per heavy atom. The van der Waals surface area contributed by atoms with E-state index in [1.807, 2.05) is 0 Å². The average Bonchev–Trinajstić information content (AvgIpc) is 2.03. The Hall–Kier alpha value is -0.120. The molecule has 0 amide bonds. The standard InChI is InChI=1S/C8H16O3/c1-2-4-11-8-6-10-5-3-7(8)9/h7-9H,2-6H2,1H3. The number of hydrogen-bond acceptors (Lipinski definition) is 3. The van der Waals surface area contributed by atoms with Gasteiger partial charge in [0.25, 0.3) is 0 Å². The largest absolute Gasteiger partial charge is 0.390 e. The Morgan fingerprint density at radius 3 is 3.09 bits per heavy atom. The van der Waals surface area contributed by atoms with E-state index in [0.717, 1.165) is 6.42 Å². The molecule has 1 fully saturated rings. The molecule has 66 valence electrons. The van der Waals surface area contributed by atoms with E-state index < -0.39 is 0 Å². The molecule has 0 bridgehead atoms. The fourth-order valence-corrected chi connectivity index (χ4v) is 1.13. The number of rotatable bonds is 3. The molecule has 0 aliphatic carbocycles. The minimum absolute atomic E-state index is 0.0938. The van der Waals surface area contributed by atoms with Crippen molar-refractivity contribution in [2.75, 3.05) is 19.8 Å². The molecule has 0 saturated carbocycles. The van der Waals surface area contributed by atoms with E-state index in [-0.39, 0.29) is 12.2 Å². The van der Waals surface area contributed by atoms with E-state index in [1.165, 1.54) is 0 Å². The summed E-state index contributed by atoms with van der Waals surface area (Å²) in [6.45, 7) is 3.97. The second kappa shape index (κ2) is 4.70. The molecule has 1 saturated heterocycles. The van der Waals surface area contributed by atoms with Gasteiger partial charge in [0.2, 0.25) is 0 Å². The minimum atomic E-state index is -0.324. The first-order valence-electron chi connectivity index (χ1n) is 4.22. The van der Waals surface area contributed by atoms with Crippen LogP contribution in [0.3, 0.4) is 0 Å². The van der Waals surface area contributed by atoms with Gasteiger partial charge >= 0.3 is 0 Å². The second-order valence-electron chi connectivity index (χ2n) is 2.84. The van der Waals surface area contributed by atoms with Crippen LogP contribution in [0.15, 0.2) is 0 Å². The van der Waals surface area contributed by atoms with E-state index in [1.54, 1.807) is 0 Å². The topological polar surface area (TPSA) is 38.7 Å². The second-order valence-corrected chi connectivity index (χ2v) is 2.84. The van der Waals surface area contributed by atoms with Crippen molar-refractivity contribution in [3.63, 3.8) is 0 Å². The Morgan fingerprint density at radius 1 is 1.64 bits per heavy atom. The Bertz CT molecular complexity index is 106. The van der Waals surface area contributed by atoms with Crippen molar-refractivity contribution in [1.29, 1.82) is 0 Å². The van der Waals surface area contributed by atoms with Crippen LogP contribution in [0.1, 0.15) is 19.8 Å². The third kappa shape index (κ3) is 2.77. The molecule has 0 aromatic carbocycles. The predicted molar refractivity (Wildman–Crippen MR) is 41.5 cm³/mol. The SMILES string of the molecule is CCCOC1COCCC1O. The molecule has 1 aliphatic rings. The Kier molecular flexibility index (Phi) is 3.83. The lowest BCUT2D eigenvalue weighted by Crippen LogP contribution is -2.38. The summed E-state index contributed by atoms with van der Waals surface area (Å²) >= 11 is 0. The van der Waals surface area contributed by atoms with Gasteiger partial charge in [-0.25, -0.2) is 0 Å². The minimum Gasteiger partial charge on any atom is -0.390 e. The first-order valence-corrected chi connectivity index (χ1v) is 4.22. The highest BCUT2D eigenvalue weighted by atomic mass is 16.5. The average molecular weight is 160 g/mol. The normalized spacial score (nSPS) is 32.2. The van der Waals surface area contributed by atoms with Crippen molar-refractivity contribution >= 4 is 0 Å². The fourth-order valence-electron chi connectivity index (χ4n) is 1.13. The monoisotopic (exact) mass is 160 g/mol. The first-order chi connectivity index (χ1) is 5.34. The molecule has 0 radical (unpaired) electrons. The van der Waals surface area contributed by atoms with Gasteiger partial charge < -0.3 is 14.6 Å². The van der Waals surface area contributed by atoms with E-state index in [2.05, 4.69) is 6.92 Å². The molecule has 3 heteroatoms. The van der Waals surface area contributed by atoms with Gasteiger partial charge in [-0.1, -0.05) is 6.92 Å². The summed E-state index contributed by atoms with van der Waals surface area (Å²) in [6, 6.07) is 0. The van der Waals surface area contributed by atoms with Crippen molar-refractivity contribution in [2.45, 2.75) is 32.0 Å². The zero-order valence-electron chi connectivity index (χ0n) is 6.95. The van der Waals surface area contributed by atoms with Crippen LogP contribution >= 0.6 is 0 Å². The molecule has 0 aromatic heterocycles. The van der Waals surface area contributed by atoms with Gasteiger partial charge in [-0.3, -0.25) is 0 Å². The predicted octanol–water partition coefficient (Wildman–Crippen LogP) is 0.563. The highest BCUT2D eigenvalue weighted by Crippen LogP contribution is 2.10. The lowest BCUT2D eigenvalue weighted by Gasteiger charge is -2.27. The van der Waals surface area contributed by atoms with Crippen molar-refractivity contribution in [3.05, 3.63) is 0 Å². The fraction of sp³-hybridized carbons (Fsp3) is 1.00. The molecule has 2 unspecified atom stereocenters. The van der Waals surface area contributed by atoms with Gasteiger partial charge in [-0.2, -0.15) is 0 Å². The molecule has 1 N–H and O–H groups in total. The van der Waals surface area contributed by atoms with E-state index in [4.69, 9.17) is 9.47 Å². The molecule has 0 spiro atoms. The highest BCUT2D eigenvalue weighted by molar-refractivity contribution is 4.72. The summed E-state index contributed by atoms with van der Waals surface area (Å²) in [6.07, 6.45) is 1.27. The van der Waals surface area contributed by atoms with Crippen molar-refractivity contribution in [3.8, 4) is 0 Å². The maximum absolute atomic E-state index is 9.39. The molecule has 1 aliphatic heterocycles. The maximum Gasteiger partial charge on any atom is 0.107 e. The number of ether oxygens (including phenoxy) is 2. The van der Waals surface area contributed by atoms with Crippen LogP contribution in [0.25, 0.3) is 0 Å². The van der Waals surface area contributed by atoms with Crippen LogP contribution in [0.4, 0.5) is 0 Å². The molecule has 1 heterocycles. The first kappa shape index (κ1) is 8.97. The van der Waals surface area contributed by atoms with Crippen LogP contribution < -0.4 is 0 Å². The molecular weight excluding hydrogens is 144 g/mol. The van der Waals surface area contributed by atoms with E-state index in [9.17, 15) is 5.11 Å². The van der Waals surface area contributed by atoms with Gasteiger partial charge in [-0.15, -0.1) is 0 Å². The van der Waals surface area contributed by atoms with Crippen LogP contribution in [0.2, 0.25) is 0 Å². The molecule has 11 heavy (non-hydrogen) atoms. The van der Waals surface area contributed by atoms with Crippen molar-refractivity contribution in [1.82, 2.24) is 0 Å². The molecule has 1 rings (SSSR count). The van der Waals surface area contributed by atoms with Gasteiger partial charge in [0, 0.05) is 13.2 Å². The summed E-state index contributed by atoms with van der Waals surface area (Å²) in [5.41, 5.74) is 0. The summed E-state index contributed by atoms with van der Waals surface area (Å²) < 4.78 is 10.5. The zero-order valence-corrected chi connectivity index (χ0v) is 6.95. The van der Waals surface area contributed by atoms with Crippen LogP contribution in [-0.2, 0) is 9.47 Å².